The first-order valence-corrected chi connectivity index (χ1v) is 6.76. The molecule has 1 aromatic rings. The van der Waals surface area contributed by atoms with Gasteiger partial charge in [-0.25, -0.2) is 0 Å². The number of benzene rings is 1. The number of nitrogens with zero attached hydrogens (tertiary/aromatic N) is 1. The van der Waals surface area contributed by atoms with Gasteiger partial charge in [-0.15, -0.1) is 0 Å². The van der Waals surface area contributed by atoms with Crippen molar-refractivity contribution in [1.29, 1.82) is 0 Å². The number of rotatable bonds is 4. The monoisotopic (exact) mass is 262 g/mol. The van der Waals surface area contributed by atoms with Crippen molar-refractivity contribution in [3.8, 4) is 5.75 Å². The van der Waals surface area contributed by atoms with Crippen LogP contribution >= 0.6 is 0 Å². The third-order valence-electron chi connectivity index (χ3n) is 3.77. The van der Waals surface area contributed by atoms with Crippen molar-refractivity contribution in [1.82, 2.24) is 4.90 Å². The highest BCUT2D eigenvalue weighted by molar-refractivity contribution is 5.77. The molecule has 2 N–H and O–H groups in total. The summed E-state index contributed by atoms with van der Waals surface area (Å²) in [7, 11) is 1.79. The molecule has 0 aliphatic heterocycles. The van der Waals surface area contributed by atoms with Crippen LogP contribution in [0.4, 0.5) is 0 Å². The number of likely N-dealkylation sites (N-methyl/N-ethyl adjacent to an activating group) is 1. The summed E-state index contributed by atoms with van der Waals surface area (Å²) in [5.74, 6) is 0.741. The van der Waals surface area contributed by atoms with Crippen molar-refractivity contribution < 1.29 is 9.53 Å². The van der Waals surface area contributed by atoms with Gasteiger partial charge >= 0.3 is 0 Å². The molecule has 2 rings (SSSR count). The van der Waals surface area contributed by atoms with E-state index in [1.54, 1.807) is 11.9 Å². The average Bonchev–Trinajstić information content (AvgIpc) is 2.76. The number of aryl methyl sites for hydroxylation is 1. The molecule has 1 aliphatic rings. The molecule has 1 aromatic carbocycles. The summed E-state index contributed by atoms with van der Waals surface area (Å²) in [5.41, 5.74) is 8.44. The molecular weight excluding hydrogens is 240 g/mol. The first-order chi connectivity index (χ1) is 8.99. The van der Waals surface area contributed by atoms with Crippen LogP contribution in [0.25, 0.3) is 0 Å². The molecule has 0 bridgehead atoms. The number of carbonyl (C=O) groups excluding carboxylic acids is 1. The fraction of sp³-hybridized carbons (Fsp3) is 0.533. The zero-order valence-electron chi connectivity index (χ0n) is 11.8. The molecule has 19 heavy (non-hydrogen) atoms. The molecule has 1 amide bonds. The molecule has 0 saturated heterocycles. The van der Waals surface area contributed by atoms with Crippen LogP contribution in [0.15, 0.2) is 18.2 Å². The fourth-order valence-electron chi connectivity index (χ4n) is 2.25. The number of hydrogen-bond acceptors (Lipinski definition) is 3. The van der Waals surface area contributed by atoms with E-state index in [-0.39, 0.29) is 24.6 Å². The highest BCUT2D eigenvalue weighted by atomic mass is 16.5. The summed E-state index contributed by atoms with van der Waals surface area (Å²) in [6, 6.07) is 6.25. The number of nitrogens with two attached hydrogens (primary N) is 1. The van der Waals surface area contributed by atoms with Gasteiger partial charge in [0, 0.05) is 19.1 Å². The van der Waals surface area contributed by atoms with Crippen LogP contribution in [-0.2, 0) is 11.2 Å². The molecule has 0 aromatic heterocycles. The number of amides is 1. The van der Waals surface area contributed by atoms with E-state index in [2.05, 4.69) is 0 Å². The number of ether oxygens (including phenoxy) is 1. The Bertz CT molecular complexity index is 471. The van der Waals surface area contributed by atoms with E-state index < -0.39 is 0 Å². The predicted molar refractivity (Wildman–Crippen MR) is 75.1 cm³/mol. The van der Waals surface area contributed by atoms with Gasteiger partial charge in [-0.05, 0) is 49.9 Å². The van der Waals surface area contributed by atoms with Gasteiger partial charge in [-0.3, -0.25) is 4.79 Å². The third kappa shape index (κ3) is 3.07. The summed E-state index contributed by atoms with van der Waals surface area (Å²) in [6.07, 6.45) is 1.99. The lowest BCUT2D eigenvalue weighted by Gasteiger charge is -2.21. The second-order valence-corrected chi connectivity index (χ2v) is 5.39. The summed E-state index contributed by atoms with van der Waals surface area (Å²) < 4.78 is 5.57. The van der Waals surface area contributed by atoms with Crippen LogP contribution in [-0.4, -0.2) is 30.5 Å². The normalized spacial score (nSPS) is 17.4. The molecule has 104 valence electrons. The Morgan fingerprint density at radius 1 is 1.53 bits per heavy atom. The van der Waals surface area contributed by atoms with Crippen molar-refractivity contribution >= 4 is 5.91 Å². The molecule has 0 saturated carbocycles. The van der Waals surface area contributed by atoms with Crippen LogP contribution in [0, 0.1) is 0 Å². The highest BCUT2D eigenvalue weighted by Crippen LogP contribution is 2.31. The molecule has 1 aliphatic carbocycles. The maximum Gasteiger partial charge on any atom is 0.260 e. The lowest BCUT2D eigenvalue weighted by atomic mass is 10.1. The summed E-state index contributed by atoms with van der Waals surface area (Å²) in [5, 5.41) is 0. The number of carbonyl (C=O) groups is 1. The minimum absolute atomic E-state index is 0.00722. The van der Waals surface area contributed by atoms with E-state index in [9.17, 15) is 4.79 Å². The van der Waals surface area contributed by atoms with Crippen LogP contribution in [0.5, 0.6) is 5.75 Å². The van der Waals surface area contributed by atoms with E-state index in [0.717, 1.165) is 18.6 Å². The van der Waals surface area contributed by atoms with Gasteiger partial charge in [0.25, 0.3) is 5.91 Å². The Labute approximate surface area is 114 Å². The Morgan fingerprint density at radius 3 is 2.95 bits per heavy atom. The largest absolute Gasteiger partial charge is 0.484 e. The van der Waals surface area contributed by atoms with Gasteiger partial charge in [0.2, 0.25) is 0 Å². The Hall–Kier alpha value is -1.55. The lowest BCUT2D eigenvalue weighted by Crippen LogP contribution is -2.36. The quantitative estimate of drug-likeness (QED) is 0.901. The number of hydrogen-bond donors (Lipinski definition) is 1. The average molecular weight is 262 g/mol. The first kappa shape index (κ1) is 13.9. The molecule has 0 fully saturated rings. The van der Waals surface area contributed by atoms with Gasteiger partial charge in [0.1, 0.15) is 5.75 Å². The van der Waals surface area contributed by atoms with Crippen molar-refractivity contribution in [2.45, 2.75) is 38.8 Å². The summed E-state index contributed by atoms with van der Waals surface area (Å²) in [4.78, 5) is 13.5. The van der Waals surface area contributed by atoms with Crippen LogP contribution < -0.4 is 10.5 Å². The fourth-order valence-corrected chi connectivity index (χ4v) is 2.25. The van der Waals surface area contributed by atoms with Gasteiger partial charge in [-0.2, -0.15) is 0 Å². The zero-order chi connectivity index (χ0) is 14.0. The first-order valence-electron chi connectivity index (χ1n) is 6.76. The maximum atomic E-state index is 11.8. The molecule has 4 nitrogen and oxygen atoms in total. The maximum absolute atomic E-state index is 11.8. The highest BCUT2D eigenvalue weighted by Gasteiger charge is 2.19. The van der Waals surface area contributed by atoms with E-state index in [1.807, 2.05) is 32.0 Å². The van der Waals surface area contributed by atoms with Gasteiger partial charge in [0.15, 0.2) is 6.61 Å². The summed E-state index contributed by atoms with van der Waals surface area (Å²) >= 11 is 0. The van der Waals surface area contributed by atoms with Crippen molar-refractivity contribution in [3.63, 3.8) is 0 Å². The van der Waals surface area contributed by atoms with Crippen molar-refractivity contribution in [2.75, 3.05) is 13.7 Å². The molecule has 0 radical (unpaired) electrons. The van der Waals surface area contributed by atoms with Crippen LogP contribution in [0.3, 0.4) is 0 Å². The van der Waals surface area contributed by atoms with Crippen molar-refractivity contribution in [2.24, 2.45) is 5.73 Å². The van der Waals surface area contributed by atoms with E-state index in [1.165, 1.54) is 11.1 Å². The van der Waals surface area contributed by atoms with Crippen LogP contribution in [0.1, 0.15) is 37.4 Å². The Morgan fingerprint density at radius 2 is 2.26 bits per heavy atom. The number of fused-ring (bicyclic) bond motifs is 1. The minimum Gasteiger partial charge on any atom is -0.484 e. The lowest BCUT2D eigenvalue weighted by molar-refractivity contribution is -0.133. The van der Waals surface area contributed by atoms with Crippen molar-refractivity contribution in [3.05, 3.63) is 29.3 Å². The topological polar surface area (TPSA) is 55.6 Å². The standard InChI is InChI=1S/C15H22N2O2/c1-10(2)17(3)15(18)9-19-12-5-6-13-11(8-12)4-7-14(13)16/h5-6,8,10,14H,4,7,9,16H2,1-3H3/t14-/m0/s1. The minimum atomic E-state index is -0.00722. The van der Waals surface area contributed by atoms with Gasteiger partial charge in [0.05, 0.1) is 0 Å². The molecular formula is C15H22N2O2. The molecule has 0 unspecified atom stereocenters. The Balaban J connectivity index is 1.96. The smallest absolute Gasteiger partial charge is 0.260 e. The zero-order valence-corrected chi connectivity index (χ0v) is 11.8. The van der Waals surface area contributed by atoms with E-state index in [4.69, 9.17) is 10.5 Å². The third-order valence-corrected chi connectivity index (χ3v) is 3.77. The molecule has 0 heterocycles. The van der Waals surface area contributed by atoms with Gasteiger partial charge in [-0.1, -0.05) is 6.07 Å². The molecule has 1 atom stereocenters. The van der Waals surface area contributed by atoms with Gasteiger partial charge < -0.3 is 15.4 Å². The predicted octanol–water partition coefficient (Wildman–Crippen LogP) is 1.88. The SMILES string of the molecule is CC(C)N(C)C(=O)COc1ccc2c(c1)CC[C@@H]2N. The molecule has 4 heteroatoms. The summed E-state index contributed by atoms with van der Waals surface area (Å²) in [6.45, 7) is 4.04. The second kappa shape index (κ2) is 5.61. The molecule has 0 spiro atoms. The second-order valence-electron chi connectivity index (χ2n) is 5.39. The Kier molecular flexibility index (Phi) is 4.10. The van der Waals surface area contributed by atoms with E-state index in [0.29, 0.717) is 0 Å². The van der Waals surface area contributed by atoms with Crippen LogP contribution in [0.2, 0.25) is 0 Å². The van der Waals surface area contributed by atoms with E-state index >= 15 is 0 Å².